The number of anilines is 1. The largest absolute Gasteiger partial charge is 0.478 e. The number of carboxylic acids is 1. The Labute approximate surface area is 115 Å². The van der Waals surface area contributed by atoms with E-state index in [1.165, 1.54) is 12.4 Å². The molecule has 0 amide bonds. The van der Waals surface area contributed by atoms with Crippen LogP contribution in [-0.4, -0.2) is 33.7 Å². The van der Waals surface area contributed by atoms with E-state index in [1.807, 2.05) is 4.90 Å². The van der Waals surface area contributed by atoms with E-state index < -0.39 is 11.8 Å². The number of aromatic nitrogens is 2. The average molecular weight is 277 g/mol. The Hall–Kier alpha value is -2.11. The van der Waals surface area contributed by atoms with Gasteiger partial charge < -0.3 is 14.6 Å². The molecule has 3 rings (SSSR count). The van der Waals surface area contributed by atoms with Crippen molar-refractivity contribution in [2.24, 2.45) is 7.05 Å². The molecule has 2 heterocycles. The lowest BCUT2D eigenvalue weighted by atomic mass is 10.1. The lowest BCUT2D eigenvalue weighted by molar-refractivity contribution is 0.0697. The third-order valence-corrected chi connectivity index (χ3v) is 3.82. The van der Waals surface area contributed by atoms with Gasteiger partial charge in [-0.25, -0.2) is 14.2 Å². The third kappa shape index (κ3) is 1.92. The molecule has 1 aromatic heterocycles. The Bertz CT molecular complexity index is 675. The maximum absolute atomic E-state index is 14.8. The number of rotatable bonds is 2. The maximum Gasteiger partial charge on any atom is 0.337 e. The molecule has 1 fully saturated rings. The Morgan fingerprint density at radius 2 is 2.05 bits per heavy atom. The minimum absolute atomic E-state index is 0.00407. The van der Waals surface area contributed by atoms with Crippen LogP contribution in [0.2, 0.25) is 0 Å². The van der Waals surface area contributed by atoms with Crippen LogP contribution < -0.4 is 4.90 Å². The number of piperidine rings is 1. The standard InChI is InChI=1S/C14H16FN3O2/c1-17-8-16-10-7-9(14(19)20)12(11(15)13(10)17)18-5-3-2-4-6-18/h7-8H,2-6H2,1H3,(H,19,20). The van der Waals surface area contributed by atoms with Gasteiger partial charge in [0.2, 0.25) is 0 Å². The molecule has 0 atom stereocenters. The first kappa shape index (κ1) is 12.9. The summed E-state index contributed by atoms with van der Waals surface area (Å²) in [5, 5.41) is 9.36. The molecule has 1 saturated heterocycles. The smallest absolute Gasteiger partial charge is 0.337 e. The van der Waals surface area contributed by atoms with Crippen LogP contribution in [0, 0.1) is 5.82 Å². The average Bonchev–Trinajstić information content (AvgIpc) is 2.81. The minimum atomic E-state index is -1.11. The monoisotopic (exact) mass is 277 g/mol. The summed E-state index contributed by atoms with van der Waals surface area (Å²) in [7, 11) is 1.71. The van der Waals surface area contributed by atoms with Gasteiger partial charge in [0.05, 0.1) is 23.1 Å². The van der Waals surface area contributed by atoms with E-state index in [-0.39, 0.29) is 11.3 Å². The van der Waals surface area contributed by atoms with Crippen LogP contribution in [0.3, 0.4) is 0 Å². The number of halogens is 1. The number of fused-ring (bicyclic) bond motifs is 1. The van der Waals surface area contributed by atoms with E-state index in [4.69, 9.17) is 0 Å². The van der Waals surface area contributed by atoms with Crippen molar-refractivity contribution < 1.29 is 14.3 Å². The molecule has 5 nitrogen and oxygen atoms in total. The molecule has 0 bridgehead atoms. The molecular formula is C14H16FN3O2. The molecule has 1 aromatic carbocycles. The van der Waals surface area contributed by atoms with Crippen LogP contribution in [0.4, 0.5) is 10.1 Å². The van der Waals surface area contributed by atoms with Crippen molar-refractivity contribution in [1.82, 2.24) is 9.55 Å². The summed E-state index contributed by atoms with van der Waals surface area (Å²) in [5.74, 6) is -1.60. The van der Waals surface area contributed by atoms with E-state index in [2.05, 4.69) is 4.98 Å². The van der Waals surface area contributed by atoms with Crippen LogP contribution in [0.15, 0.2) is 12.4 Å². The lowest BCUT2D eigenvalue weighted by Gasteiger charge is -2.30. The van der Waals surface area contributed by atoms with Gasteiger partial charge >= 0.3 is 5.97 Å². The number of aryl methyl sites for hydroxylation is 1. The summed E-state index contributed by atoms with van der Waals surface area (Å²) in [4.78, 5) is 17.3. The third-order valence-electron chi connectivity index (χ3n) is 3.82. The number of aromatic carboxylic acids is 1. The highest BCUT2D eigenvalue weighted by molar-refractivity contribution is 6.00. The number of hydrogen-bond donors (Lipinski definition) is 1. The van der Waals surface area contributed by atoms with Gasteiger partial charge in [-0.3, -0.25) is 0 Å². The first-order valence-electron chi connectivity index (χ1n) is 6.71. The maximum atomic E-state index is 14.8. The summed E-state index contributed by atoms with van der Waals surface area (Å²) in [5.41, 5.74) is 0.933. The summed E-state index contributed by atoms with van der Waals surface area (Å²) in [6.07, 6.45) is 4.53. The first-order chi connectivity index (χ1) is 9.59. The van der Waals surface area contributed by atoms with Crippen LogP contribution in [0.5, 0.6) is 0 Å². The van der Waals surface area contributed by atoms with Gasteiger partial charge in [0.1, 0.15) is 5.52 Å². The fraction of sp³-hybridized carbons (Fsp3) is 0.429. The predicted molar refractivity (Wildman–Crippen MR) is 73.7 cm³/mol. The van der Waals surface area contributed by atoms with Gasteiger partial charge in [-0.2, -0.15) is 0 Å². The molecule has 2 aromatic rings. The molecule has 1 aliphatic rings. The number of hydrogen-bond acceptors (Lipinski definition) is 3. The highest BCUT2D eigenvalue weighted by atomic mass is 19.1. The molecule has 0 radical (unpaired) electrons. The number of nitrogens with zero attached hydrogens (tertiary/aromatic N) is 3. The van der Waals surface area contributed by atoms with Crippen LogP contribution >= 0.6 is 0 Å². The zero-order valence-corrected chi connectivity index (χ0v) is 11.3. The van der Waals surface area contributed by atoms with Gasteiger partial charge in [-0.1, -0.05) is 0 Å². The Morgan fingerprint density at radius 1 is 1.35 bits per heavy atom. The number of carboxylic acid groups (broad SMARTS) is 1. The zero-order chi connectivity index (χ0) is 14.3. The van der Waals surface area contributed by atoms with Gasteiger partial charge in [-0.05, 0) is 25.3 Å². The summed E-state index contributed by atoms with van der Waals surface area (Å²) in [6, 6.07) is 1.46. The Morgan fingerprint density at radius 3 is 2.70 bits per heavy atom. The molecule has 0 spiro atoms. The SMILES string of the molecule is Cn1cnc2cc(C(=O)O)c(N3CCCCC3)c(F)c21. The number of imidazole rings is 1. The topological polar surface area (TPSA) is 58.4 Å². The van der Waals surface area contributed by atoms with Crippen LogP contribution in [0.25, 0.3) is 11.0 Å². The first-order valence-corrected chi connectivity index (χ1v) is 6.71. The second-order valence-electron chi connectivity index (χ2n) is 5.16. The molecule has 1 N–H and O–H groups in total. The van der Waals surface area contributed by atoms with E-state index in [0.717, 1.165) is 19.3 Å². The summed E-state index contributed by atoms with van der Waals surface area (Å²) >= 11 is 0. The Balaban J connectivity index is 2.25. The molecule has 106 valence electrons. The van der Waals surface area contributed by atoms with E-state index in [9.17, 15) is 14.3 Å². The minimum Gasteiger partial charge on any atom is -0.478 e. The van der Waals surface area contributed by atoms with Crippen molar-refractivity contribution in [3.05, 3.63) is 23.8 Å². The molecular weight excluding hydrogens is 261 g/mol. The molecule has 0 saturated carbocycles. The van der Waals surface area contributed by atoms with Crippen LogP contribution in [-0.2, 0) is 7.05 Å². The second-order valence-corrected chi connectivity index (χ2v) is 5.16. The second kappa shape index (κ2) is 4.77. The lowest BCUT2D eigenvalue weighted by Crippen LogP contribution is -2.31. The van der Waals surface area contributed by atoms with Gasteiger partial charge in [-0.15, -0.1) is 0 Å². The van der Waals surface area contributed by atoms with E-state index in [1.54, 1.807) is 11.6 Å². The number of carbonyl (C=O) groups is 1. The van der Waals surface area contributed by atoms with Crippen molar-refractivity contribution in [2.75, 3.05) is 18.0 Å². The molecule has 20 heavy (non-hydrogen) atoms. The quantitative estimate of drug-likeness (QED) is 0.915. The Kier molecular flexibility index (Phi) is 3.08. The fourth-order valence-electron chi connectivity index (χ4n) is 2.85. The normalized spacial score (nSPS) is 15.8. The molecule has 1 aliphatic heterocycles. The van der Waals surface area contributed by atoms with Crippen molar-refractivity contribution in [1.29, 1.82) is 0 Å². The van der Waals surface area contributed by atoms with Crippen molar-refractivity contribution in [3.8, 4) is 0 Å². The van der Waals surface area contributed by atoms with Crippen molar-refractivity contribution in [2.45, 2.75) is 19.3 Å². The highest BCUT2D eigenvalue weighted by Gasteiger charge is 2.25. The van der Waals surface area contributed by atoms with E-state index in [0.29, 0.717) is 24.1 Å². The molecule has 0 aliphatic carbocycles. The van der Waals surface area contributed by atoms with Crippen molar-refractivity contribution in [3.63, 3.8) is 0 Å². The van der Waals surface area contributed by atoms with E-state index >= 15 is 0 Å². The van der Waals surface area contributed by atoms with Gasteiger partial charge in [0, 0.05) is 20.1 Å². The molecule has 0 unspecified atom stereocenters. The highest BCUT2D eigenvalue weighted by Crippen LogP contribution is 2.32. The van der Waals surface area contributed by atoms with Crippen LogP contribution in [0.1, 0.15) is 29.6 Å². The molecule has 6 heteroatoms. The number of benzene rings is 1. The van der Waals surface area contributed by atoms with Gasteiger partial charge in [0.25, 0.3) is 0 Å². The fourth-order valence-corrected chi connectivity index (χ4v) is 2.85. The zero-order valence-electron chi connectivity index (χ0n) is 11.3. The van der Waals surface area contributed by atoms with Gasteiger partial charge in [0.15, 0.2) is 5.82 Å². The van der Waals surface area contributed by atoms with Crippen molar-refractivity contribution >= 4 is 22.7 Å². The summed E-state index contributed by atoms with van der Waals surface area (Å²) < 4.78 is 16.4. The predicted octanol–water partition coefficient (Wildman–Crippen LogP) is 2.40. The summed E-state index contributed by atoms with van der Waals surface area (Å²) in [6.45, 7) is 1.39.